The van der Waals surface area contributed by atoms with Gasteiger partial charge in [-0.3, -0.25) is 0 Å². The molecule has 100 valence electrons. The second-order valence-corrected chi connectivity index (χ2v) is 5.64. The second kappa shape index (κ2) is 6.44. The maximum atomic E-state index is 6.11. The minimum absolute atomic E-state index is 0.734. The van der Waals surface area contributed by atoms with Crippen LogP contribution in [0.25, 0.3) is 0 Å². The Morgan fingerprint density at radius 1 is 1.39 bits per heavy atom. The molecular weight excluding hydrogens is 244 g/mol. The van der Waals surface area contributed by atoms with Crippen LogP contribution in [0.1, 0.15) is 38.2 Å². The standard InChI is InChI=1S/C15H23ClN2/c1-3-4-9-18(2)15-8-5-13(16)10-12(15)11-17-14-6-7-14/h5,8,10,14,17H,3-4,6-7,9,11H2,1-2H3. The molecule has 0 aliphatic heterocycles. The van der Waals surface area contributed by atoms with Crippen LogP contribution < -0.4 is 10.2 Å². The van der Waals surface area contributed by atoms with E-state index in [1.54, 1.807) is 0 Å². The summed E-state index contributed by atoms with van der Waals surface area (Å²) in [5.74, 6) is 0. The van der Waals surface area contributed by atoms with Crippen LogP contribution in [0, 0.1) is 0 Å². The Balaban J connectivity index is 2.05. The number of unbranched alkanes of at least 4 members (excludes halogenated alkanes) is 1. The molecule has 0 atom stereocenters. The predicted octanol–water partition coefficient (Wildman–Crippen LogP) is 3.83. The van der Waals surface area contributed by atoms with Crippen molar-refractivity contribution in [3.05, 3.63) is 28.8 Å². The lowest BCUT2D eigenvalue weighted by Gasteiger charge is -2.23. The SMILES string of the molecule is CCCCN(C)c1ccc(Cl)cc1CNC1CC1. The van der Waals surface area contributed by atoms with E-state index in [9.17, 15) is 0 Å². The summed E-state index contributed by atoms with van der Waals surface area (Å²) in [6, 6.07) is 6.95. The van der Waals surface area contributed by atoms with Crippen molar-refractivity contribution in [1.82, 2.24) is 5.32 Å². The average molecular weight is 267 g/mol. The van der Waals surface area contributed by atoms with Gasteiger partial charge in [0.05, 0.1) is 0 Å². The first kappa shape index (κ1) is 13.7. The van der Waals surface area contributed by atoms with Crippen LogP contribution >= 0.6 is 11.6 Å². The van der Waals surface area contributed by atoms with E-state index in [2.05, 4.69) is 36.3 Å². The van der Waals surface area contributed by atoms with Crippen LogP contribution in [-0.2, 0) is 6.54 Å². The topological polar surface area (TPSA) is 15.3 Å². The minimum atomic E-state index is 0.734. The summed E-state index contributed by atoms with van der Waals surface area (Å²) in [6.45, 7) is 4.26. The quantitative estimate of drug-likeness (QED) is 0.807. The van der Waals surface area contributed by atoms with Crippen LogP contribution in [0.15, 0.2) is 18.2 Å². The Morgan fingerprint density at radius 3 is 2.83 bits per heavy atom. The molecule has 1 aromatic carbocycles. The fourth-order valence-electron chi connectivity index (χ4n) is 2.13. The zero-order chi connectivity index (χ0) is 13.0. The van der Waals surface area contributed by atoms with Crippen LogP contribution in [0.2, 0.25) is 5.02 Å². The maximum absolute atomic E-state index is 6.11. The van der Waals surface area contributed by atoms with Crippen LogP contribution in [0.3, 0.4) is 0 Å². The van der Waals surface area contributed by atoms with Gasteiger partial charge in [-0.2, -0.15) is 0 Å². The van der Waals surface area contributed by atoms with Gasteiger partial charge in [0.2, 0.25) is 0 Å². The van der Waals surface area contributed by atoms with E-state index in [-0.39, 0.29) is 0 Å². The summed E-state index contributed by atoms with van der Waals surface area (Å²) in [5.41, 5.74) is 2.62. The number of benzene rings is 1. The Labute approximate surface area is 115 Å². The van der Waals surface area contributed by atoms with E-state index in [4.69, 9.17) is 11.6 Å². The molecule has 1 N–H and O–H groups in total. The second-order valence-electron chi connectivity index (χ2n) is 5.20. The van der Waals surface area contributed by atoms with Crippen molar-refractivity contribution in [1.29, 1.82) is 0 Å². The van der Waals surface area contributed by atoms with E-state index in [1.165, 1.54) is 36.9 Å². The van der Waals surface area contributed by atoms with E-state index < -0.39 is 0 Å². The van der Waals surface area contributed by atoms with Crippen molar-refractivity contribution in [3.63, 3.8) is 0 Å². The third-order valence-corrected chi connectivity index (χ3v) is 3.69. The number of anilines is 1. The summed E-state index contributed by atoms with van der Waals surface area (Å²) < 4.78 is 0. The molecule has 0 spiro atoms. The van der Waals surface area contributed by atoms with Crippen molar-refractivity contribution >= 4 is 17.3 Å². The lowest BCUT2D eigenvalue weighted by atomic mass is 10.1. The van der Waals surface area contributed by atoms with Crippen molar-refractivity contribution < 1.29 is 0 Å². The Hall–Kier alpha value is -0.730. The molecule has 1 saturated carbocycles. The van der Waals surface area contributed by atoms with E-state index in [0.29, 0.717) is 0 Å². The molecular formula is C15H23ClN2. The fourth-order valence-corrected chi connectivity index (χ4v) is 2.32. The van der Waals surface area contributed by atoms with Gasteiger partial charge in [0.1, 0.15) is 0 Å². The Morgan fingerprint density at radius 2 is 2.17 bits per heavy atom. The Kier molecular flexibility index (Phi) is 4.90. The lowest BCUT2D eigenvalue weighted by molar-refractivity contribution is 0.683. The molecule has 1 aliphatic carbocycles. The first-order valence-corrected chi connectivity index (χ1v) is 7.31. The molecule has 18 heavy (non-hydrogen) atoms. The molecule has 1 aromatic rings. The normalized spacial score (nSPS) is 14.8. The molecule has 0 unspecified atom stereocenters. The van der Waals surface area contributed by atoms with Gasteiger partial charge in [-0.05, 0) is 43.0 Å². The zero-order valence-corrected chi connectivity index (χ0v) is 12.1. The minimum Gasteiger partial charge on any atom is -0.374 e. The summed E-state index contributed by atoms with van der Waals surface area (Å²) in [7, 11) is 2.17. The van der Waals surface area contributed by atoms with E-state index in [0.717, 1.165) is 24.2 Å². The highest BCUT2D eigenvalue weighted by Crippen LogP contribution is 2.26. The highest BCUT2D eigenvalue weighted by atomic mass is 35.5. The third kappa shape index (κ3) is 3.89. The number of nitrogens with one attached hydrogen (secondary N) is 1. The number of rotatable bonds is 7. The smallest absolute Gasteiger partial charge is 0.0410 e. The van der Waals surface area contributed by atoms with Gasteiger partial charge in [0, 0.05) is 36.9 Å². The first-order valence-electron chi connectivity index (χ1n) is 6.93. The van der Waals surface area contributed by atoms with E-state index >= 15 is 0 Å². The van der Waals surface area contributed by atoms with Gasteiger partial charge >= 0.3 is 0 Å². The Bertz CT molecular complexity index is 388. The molecule has 0 radical (unpaired) electrons. The van der Waals surface area contributed by atoms with Crippen LogP contribution in [0.4, 0.5) is 5.69 Å². The van der Waals surface area contributed by atoms with E-state index in [1.807, 2.05) is 6.07 Å². The maximum Gasteiger partial charge on any atom is 0.0410 e. The predicted molar refractivity (Wildman–Crippen MR) is 79.5 cm³/mol. The number of halogens is 1. The summed E-state index contributed by atoms with van der Waals surface area (Å²) >= 11 is 6.11. The molecule has 0 aromatic heterocycles. The van der Waals surface area contributed by atoms with Gasteiger partial charge in [-0.1, -0.05) is 24.9 Å². The van der Waals surface area contributed by atoms with Crippen LogP contribution in [-0.4, -0.2) is 19.6 Å². The zero-order valence-electron chi connectivity index (χ0n) is 11.4. The number of hydrogen-bond donors (Lipinski definition) is 1. The first-order chi connectivity index (χ1) is 8.70. The molecule has 1 fully saturated rings. The summed E-state index contributed by atoms with van der Waals surface area (Å²) in [4.78, 5) is 2.34. The van der Waals surface area contributed by atoms with Crippen molar-refractivity contribution in [2.24, 2.45) is 0 Å². The van der Waals surface area contributed by atoms with Gasteiger partial charge in [0.25, 0.3) is 0 Å². The average Bonchev–Trinajstić information content (AvgIpc) is 3.17. The summed E-state index contributed by atoms with van der Waals surface area (Å²) in [5, 5.41) is 4.40. The molecule has 0 amide bonds. The molecule has 2 nitrogen and oxygen atoms in total. The van der Waals surface area contributed by atoms with Crippen molar-refractivity contribution in [2.45, 2.75) is 45.2 Å². The molecule has 3 heteroatoms. The number of hydrogen-bond acceptors (Lipinski definition) is 2. The van der Waals surface area contributed by atoms with Crippen molar-refractivity contribution in [2.75, 3.05) is 18.5 Å². The van der Waals surface area contributed by atoms with Gasteiger partial charge in [-0.15, -0.1) is 0 Å². The number of nitrogens with zero attached hydrogens (tertiary/aromatic N) is 1. The largest absolute Gasteiger partial charge is 0.374 e. The molecule has 2 rings (SSSR count). The highest BCUT2D eigenvalue weighted by Gasteiger charge is 2.20. The molecule has 1 aliphatic rings. The van der Waals surface area contributed by atoms with Gasteiger partial charge in [0.15, 0.2) is 0 Å². The molecule has 0 heterocycles. The highest BCUT2D eigenvalue weighted by molar-refractivity contribution is 6.30. The van der Waals surface area contributed by atoms with Gasteiger partial charge < -0.3 is 10.2 Å². The third-order valence-electron chi connectivity index (χ3n) is 3.46. The van der Waals surface area contributed by atoms with Crippen LogP contribution in [0.5, 0.6) is 0 Å². The monoisotopic (exact) mass is 266 g/mol. The lowest BCUT2D eigenvalue weighted by Crippen LogP contribution is -2.22. The fraction of sp³-hybridized carbons (Fsp3) is 0.600. The summed E-state index contributed by atoms with van der Waals surface area (Å²) in [6.07, 6.45) is 5.10. The van der Waals surface area contributed by atoms with Gasteiger partial charge in [-0.25, -0.2) is 0 Å². The van der Waals surface area contributed by atoms with Crippen molar-refractivity contribution in [3.8, 4) is 0 Å². The molecule has 0 bridgehead atoms. The molecule has 0 saturated heterocycles.